The van der Waals surface area contributed by atoms with Crippen LogP contribution >= 0.6 is 25.3 Å². The molecule has 0 heterocycles. The summed E-state index contributed by atoms with van der Waals surface area (Å²) in [4.78, 5) is 0. The summed E-state index contributed by atoms with van der Waals surface area (Å²) in [6.45, 7) is 6.26. The fourth-order valence-electron chi connectivity index (χ4n) is 0.498. The first kappa shape index (κ1) is 9.44. The maximum atomic E-state index is 4.21. The van der Waals surface area contributed by atoms with Gasteiger partial charge in [0, 0.05) is 0 Å². The molecule has 0 nitrogen and oxygen atoms in total. The van der Waals surface area contributed by atoms with E-state index in [1.54, 1.807) is 0 Å². The molecule has 2 heteroatoms. The van der Waals surface area contributed by atoms with E-state index in [1.165, 1.54) is 5.57 Å². The monoisotopic (exact) mass is 162 g/mol. The molecule has 0 spiro atoms. The van der Waals surface area contributed by atoms with Crippen LogP contribution in [0.25, 0.3) is 0 Å². The number of hydrogen-bond acceptors (Lipinski definition) is 2. The SMILES string of the molecule is C/C=C(/C)C(C)C(S)S. The van der Waals surface area contributed by atoms with Gasteiger partial charge in [0.05, 0.1) is 4.58 Å². The third kappa shape index (κ3) is 3.21. The zero-order valence-corrected chi connectivity index (χ0v) is 7.92. The Labute approximate surface area is 68.5 Å². The predicted molar refractivity (Wildman–Crippen MR) is 50.4 cm³/mol. The van der Waals surface area contributed by atoms with Crippen LogP contribution < -0.4 is 0 Å². The van der Waals surface area contributed by atoms with E-state index in [1.807, 2.05) is 6.92 Å². The average Bonchev–Trinajstić information content (AvgIpc) is 1.84. The minimum atomic E-state index is 0.168. The third-order valence-corrected chi connectivity index (χ3v) is 2.52. The Bertz CT molecular complexity index is 105. The van der Waals surface area contributed by atoms with E-state index in [2.05, 4.69) is 45.2 Å². The maximum absolute atomic E-state index is 4.21. The summed E-state index contributed by atoms with van der Waals surface area (Å²) in [7, 11) is 0. The molecule has 0 aliphatic rings. The van der Waals surface area contributed by atoms with Crippen LogP contribution in [0.5, 0.6) is 0 Å². The van der Waals surface area contributed by atoms with Crippen LogP contribution in [-0.4, -0.2) is 4.58 Å². The van der Waals surface area contributed by atoms with Gasteiger partial charge in [-0.05, 0) is 19.8 Å². The molecule has 0 saturated heterocycles. The topological polar surface area (TPSA) is 0 Å². The Balaban J connectivity index is 3.88. The lowest BCUT2D eigenvalue weighted by atomic mass is 10.1. The van der Waals surface area contributed by atoms with Crippen molar-refractivity contribution in [3.63, 3.8) is 0 Å². The van der Waals surface area contributed by atoms with Gasteiger partial charge in [0.1, 0.15) is 0 Å². The quantitative estimate of drug-likeness (QED) is 0.348. The lowest BCUT2D eigenvalue weighted by Gasteiger charge is -2.13. The van der Waals surface area contributed by atoms with Gasteiger partial charge < -0.3 is 0 Å². The number of hydrogen-bond donors (Lipinski definition) is 2. The summed E-state index contributed by atoms with van der Waals surface area (Å²) in [5.41, 5.74) is 1.35. The van der Waals surface area contributed by atoms with Crippen molar-refractivity contribution >= 4 is 25.3 Å². The van der Waals surface area contributed by atoms with Gasteiger partial charge in [-0.1, -0.05) is 18.6 Å². The molecule has 0 N–H and O–H groups in total. The summed E-state index contributed by atoms with van der Waals surface area (Å²) in [6.07, 6.45) is 2.10. The van der Waals surface area contributed by atoms with Crippen molar-refractivity contribution in [3.8, 4) is 0 Å². The summed E-state index contributed by atoms with van der Waals surface area (Å²) in [5.74, 6) is 0.474. The molecule has 1 atom stereocenters. The first-order valence-corrected chi connectivity index (χ1v) is 4.11. The van der Waals surface area contributed by atoms with Crippen molar-refractivity contribution in [1.29, 1.82) is 0 Å². The van der Waals surface area contributed by atoms with Crippen LogP contribution in [0.1, 0.15) is 20.8 Å². The van der Waals surface area contributed by atoms with Crippen molar-refractivity contribution in [1.82, 2.24) is 0 Å². The highest BCUT2D eigenvalue weighted by Gasteiger charge is 2.08. The summed E-state index contributed by atoms with van der Waals surface area (Å²) >= 11 is 8.42. The van der Waals surface area contributed by atoms with Crippen LogP contribution in [0.15, 0.2) is 11.6 Å². The Morgan fingerprint density at radius 1 is 1.44 bits per heavy atom. The molecule has 0 saturated carbocycles. The second-order valence-corrected chi connectivity index (χ2v) is 3.76. The molecule has 0 aromatic heterocycles. The molecule has 54 valence electrons. The summed E-state index contributed by atoms with van der Waals surface area (Å²) in [5, 5.41) is 0. The molecule has 0 aromatic carbocycles. The molecule has 0 fully saturated rings. The lowest BCUT2D eigenvalue weighted by molar-refractivity contribution is 0.756. The Morgan fingerprint density at radius 3 is 2.00 bits per heavy atom. The molecular weight excluding hydrogens is 148 g/mol. The fourth-order valence-corrected chi connectivity index (χ4v) is 0.968. The highest BCUT2D eigenvalue weighted by atomic mass is 32.2. The molecule has 0 amide bonds. The third-order valence-electron chi connectivity index (χ3n) is 1.62. The number of allylic oxidation sites excluding steroid dienone is 2. The standard InChI is InChI=1S/C7H14S2/c1-4-5(2)6(3)7(8)9/h4,6-9H,1-3H3/b5-4-. The normalized spacial score (nSPS) is 16.4. The van der Waals surface area contributed by atoms with E-state index in [9.17, 15) is 0 Å². The van der Waals surface area contributed by atoms with Gasteiger partial charge in [-0.2, -0.15) is 25.3 Å². The van der Waals surface area contributed by atoms with Crippen LogP contribution in [0, 0.1) is 5.92 Å². The zero-order valence-electron chi connectivity index (χ0n) is 6.13. The molecule has 0 bridgehead atoms. The van der Waals surface area contributed by atoms with Crippen LogP contribution in [0.3, 0.4) is 0 Å². The Hall–Kier alpha value is 0.440. The lowest BCUT2D eigenvalue weighted by Crippen LogP contribution is -2.05. The molecule has 1 unspecified atom stereocenters. The van der Waals surface area contributed by atoms with Gasteiger partial charge >= 0.3 is 0 Å². The van der Waals surface area contributed by atoms with E-state index in [-0.39, 0.29) is 4.58 Å². The minimum Gasteiger partial charge on any atom is -0.165 e. The van der Waals surface area contributed by atoms with Gasteiger partial charge in [-0.15, -0.1) is 0 Å². The molecule has 0 radical (unpaired) electrons. The zero-order chi connectivity index (χ0) is 7.44. The summed E-state index contributed by atoms with van der Waals surface area (Å²) in [6, 6.07) is 0. The predicted octanol–water partition coefficient (Wildman–Crippen LogP) is 2.77. The highest BCUT2D eigenvalue weighted by Crippen LogP contribution is 2.20. The highest BCUT2D eigenvalue weighted by molar-refractivity contribution is 7.99. The van der Waals surface area contributed by atoms with Crippen LogP contribution in [0.2, 0.25) is 0 Å². The fraction of sp³-hybridized carbons (Fsp3) is 0.714. The minimum absolute atomic E-state index is 0.168. The van der Waals surface area contributed by atoms with E-state index < -0.39 is 0 Å². The Kier molecular flexibility index (Phi) is 4.50. The molecule has 9 heavy (non-hydrogen) atoms. The second kappa shape index (κ2) is 4.29. The van der Waals surface area contributed by atoms with Gasteiger partial charge in [0.25, 0.3) is 0 Å². The largest absolute Gasteiger partial charge is 0.165 e. The molecule has 0 rings (SSSR count). The van der Waals surface area contributed by atoms with Crippen LogP contribution in [0.4, 0.5) is 0 Å². The van der Waals surface area contributed by atoms with Crippen molar-refractivity contribution in [2.24, 2.45) is 5.92 Å². The van der Waals surface area contributed by atoms with Crippen LogP contribution in [-0.2, 0) is 0 Å². The van der Waals surface area contributed by atoms with Crippen molar-refractivity contribution in [2.75, 3.05) is 0 Å². The van der Waals surface area contributed by atoms with E-state index >= 15 is 0 Å². The molecular formula is C7H14S2. The second-order valence-electron chi connectivity index (χ2n) is 2.23. The molecule has 0 aliphatic carbocycles. The van der Waals surface area contributed by atoms with E-state index in [4.69, 9.17) is 0 Å². The first-order valence-electron chi connectivity index (χ1n) is 3.08. The van der Waals surface area contributed by atoms with Gasteiger partial charge in [0.15, 0.2) is 0 Å². The van der Waals surface area contributed by atoms with E-state index in [0.717, 1.165) is 0 Å². The van der Waals surface area contributed by atoms with E-state index in [0.29, 0.717) is 5.92 Å². The van der Waals surface area contributed by atoms with Crippen molar-refractivity contribution in [2.45, 2.75) is 25.4 Å². The average molecular weight is 162 g/mol. The van der Waals surface area contributed by atoms with Crippen molar-refractivity contribution < 1.29 is 0 Å². The van der Waals surface area contributed by atoms with Gasteiger partial charge in [-0.25, -0.2) is 0 Å². The smallest absolute Gasteiger partial charge is 0.0504 e. The number of thiol groups is 2. The summed E-state index contributed by atoms with van der Waals surface area (Å²) < 4.78 is 0.168. The van der Waals surface area contributed by atoms with Gasteiger partial charge in [-0.3, -0.25) is 0 Å². The molecule has 0 aliphatic heterocycles. The molecule has 0 aromatic rings. The van der Waals surface area contributed by atoms with Crippen molar-refractivity contribution in [3.05, 3.63) is 11.6 Å². The Morgan fingerprint density at radius 2 is 1.89 bits per heavy atom. The first-order chi connectivity index (χ1) is 4.09. The maximum Gasteiger partial charge on any atom is 0.0504 e. The van der Waals surface area contributed by atoms with Gasteiger partial charge in [0.2, 0.25) is 0 Å². The number of rotatable bonds is 2.